The number of hydrogen-bond acceptors (Lipinski definition) is 3. The highest BCUT2D eigenvalue weighted by atomic mass is 16.5. The van der Waals surface area contributed by atoms with Crippen molar-refractivity contribution in [3.8, 4) is 5.75 Å². The van der Waals surface area contributed by atoms with E-state index < -0.39 is 0 Å². The monoisotopic (exact) mass is 249 g/mol. The summed E-state index contributed by atoms with van der Waals surface area (Å²) in [5.74, 6) is 1.07. The molecule has 3 heteroatoms. The minimum absolute atomic E-state index is 0.332. The Morgan fingerprint density at radius 3 is 2.56 bits per heavy atom. The van der Waals surface area contributed by atoms with Crippen LogP contribution in [0.4, 0.5) is 0 Å². The topological polar surface area (TPSA) is 41.5 Å². The lowest BCUT2D eigenvalue weighted by Gasteiger charge is -2.25. The summed E-state index contributed by atoms with van der Waals surface area (Å²) < 4.78 is 5.38. The molecule has 0 aromatic heterocycles. The van der Waals surface area contributed by atoms with E-state index in [4.69, 9.17) is 4.74 Å². The number of benzene rings is 1. The van der Waals surface area contributed by atoms with Crippen LogP contribution in [-0.4, -0.2) is 24.9 Å². The highest BCUT2D eigenvalue weighted by Gasteiger charge is 2.16. The second kappa shape index (κ2) is 6.76. The number of rotatable bonds is 5. The van der Waals surface area contributed by atoms with E-state index in [-0.39, 0.29) is 0 Å². The molecule has 3 nitrogen and oxygen atoms in total. The van der Waals surface area contributed by atoms with E-state index in [9.17, 15) is 5.11 Å². The van der Waals surface area contributed by atoms with Gasteiger partial charge in [-0.25, -0.2) is 0 Å². The van der Waals surface area contributed by atoms with Crippen LogP contribution in [0.5, 0.6) is 5.75 Å². The van der Waals surface area contributed by atoms with Gasteiger partial charge in [-0.15, -0.1) is 0 Å². The molecule has 0 bridgehead atoms. The maximum Gasteiger partial charge on any atom is 0.115 e. The van der Waals surface area contributed by atoms with Crippen molar-refractivity contribution < 1.29 is 9.84 Å². The van der Waals surface area contributed by atoms with Gasteiger partial charge in [0.2, 0.25) is 0 Å². The zero-order valence-electron chi connectivity index (χ0n) is 11.1. The summed E-state index contributed by atoms with van der Waals surface area (Å²) in [4.78, 5) is 0. The Labute approximate surface area is 109 Å². The minimum Gasteiger partial charge on any atom is -0.508 e. The van der Waals surface area contributed by atoms with Crippen LogP contribution in [0.2, 0.25) is 0 Å². The highest BCUT2D eigenvalue weighted by Crippen LogP contribution is 2.21. The van der Waals surface area contributed by atoms with E-state index in [1.165, 1.54) is 18.4 Å². The van der Waals surface area contributed by atoms with Gasteiger partial charge in [-0.1, -0.05) is 19.1 Å². The Bertz CT molecular complexity index is 344. The Hall–Kier alpha value is -1.06. The molecule has 18 heavy (non-hydrogen) atoms. The molecule has 2 rings (SSSR count). The van der Waals surface area contributed by atoms with Crippen molar-refractivity contribution in [1.82, 2.24) is 5.32 Å². The first-order valence-electron chi connectivity index (χ1n) is 6.89. The number of phenols is 1. The van der Waals surface area contributed by atoms with Crippen molar-refractivity contribution in [3.05, 3.63) is 29.8 Å². The maximum absolute atomic E-state index is 9.31. The third kappa shape index (κ3) is 3.72. The van der Waals surface area contributed by atoms with Crippen LogP contribution in [0.25, 0.3) is 0 Å². The number of ether oxygens (including phenoxy) is 1. The van der Waals surface area contributed by atoms with Crippen molar-refractivity contribution in [2.75, 3.05) is 19.8 Å². The molecule has 0 aliphatic carbocycles. The van der Waals surface area contributed by atoms with Gasteiger partial charge >= 0.3 is 0 Å². The third-order valence-electron chi connectivity index (χ3n) is 3.70. The molecule has 1 fully saturated rings. The molecular weight excluding hydrogens is 226 g/mol. The fraction of sp³-hybridized carbons (Fsp3) is 0.600. The van der Waals surface area contributed by atoms with Gasteiger partial charge in [-0.05, 0) is 49.4 Å². The zero-order chi connectivity index (χ0) is 12.8. The summed E-state index contributed by atoms with van der Waals surface area (Å²) >= 11 is 0. The van der Waals surface area contributed by atoms with Crippen molar-refractivity contribution in [3.63, 3.8) is 0 Å². The predicted molar refractivity (Wildman–Crippen MR) is 72.7 cm³/mol. The molecule has 0 spiro atoms. The van der Waals surface area contributed by atoms with E-state index in [1.807, 2.05) is 12.1 Å². The molecule has 0 saturated carbocycles. The van der Waals surface area contributed by atoms with Crippen molar-refractivity contribution in [2.45, 2.75) is 32.2 Å². The van der Waals surface area contributed by atoms with Crippen LogP contribution in [0.1, 0.15) is 37.8 Å². The van der Waals surface area contributed by atoms with E-state index in [1.54, 1.807) is 12.1 Å². The van der Waals surface area contributed by atoms with Crippen molar-refractivity contribution in [2.24, 2.45) is 5.92 Å². The average molecular weight is 249 g/mol. The lowest BCUT2D eigenvalue weighted by molar-refractivity contribution is 0.0654. The minimum atomic E-state index is 0.332. The van der Waals surface area contributed by atoms with Crippen molar-refractivity contribution >= 4 is 0 Å². The SMILES string of the molecule is CCC(NCC1CCOCC1)c1ccc(O)cc1. The molecule has 1 atom stereocenters. The van der Waals surface area contributed by atoms with E-state index >= 15 is 0 Å². The van der Waals surface area contributed by atoms with E-state index in [0.717, 1.165) is 32.1 Å². The van der Waals surface area contributed by atoms with Gasteiger partial charge in [0, 0.05) is 19.3 Å². The second-order valence-electron chi connectivity index (χ2n) is 5.02. The van der Waals surface area contributed by atoms with Gasteiger partial charge < -0.3 is 15.2 Å². The van der Waals surface area contributed by atoms with E-state index in [0.29, 0.717) is 11.8 Å². The lowest BCUT2D eigenvalue weighted by atomic mass is 9.98. The molecule has 1 heterocycles. The second-order valence-corrected chi connectivity index (χ2v) is 5.02. The largest absolute Gasteiger partial charge is 0.508 e. The summed E-state index contributed by atoms with van der Waals surface area (Å²) in [5.41, 5.74) is 1.25. The van der Waals surface area contributed by atoms with Crippen LogP contribution >= 0.6 is 0 Å². The lowest BCUT2D eigenvalue weighted by Crippen LogP contribution is -2.30. The molecule has 1 aliphatic heterocycles. The molecular formula is C15H23NO2. The normalized spacial score (nSPS) is 18.7. The number of phenolic OH excluding ortho intramolecular Hbond substituents is 1. The summed E-state index contributed by atoms with van der Waals surface area (Å²) in [6.45, 7) is 5.06. The Kier molecular flexibility index (Phi) is 5.02. The molecule has 1 aliphatic rings. The van der Waals surface area contributed by atoms with Crippen LogP contribution in [0, 0.1) is 5.92 Å². The van der Waals surface area contributed by atoms with Gasteiger partial charge in [0.15, 0.2) is 0 Å². The van der Waals surface area contributed by atoms with Gasteiger partial charge in [0.1, 0.15) is 5.75 Å². The molecule has 0 radical (unpaired) electrons. The van der Waals surface area contributed by atoms with Gasteiger partial charge in [0.25, 0.3) is 0 Å². The fourth-order valence-corrected chi connectivity index (χ4v) is 2.46. The number of nitrogens with one attached hydrogen (secondary N) is 1. The van der Waals surface area contributed by atoms with Gasteiger partial charge in [0.05, 0.1) is 0 Å². The molecule has 1 unspecified atom stereocenters. The smallest absolute Gasteiger partial charge is 0.115 e. The fourth-order valence-electron chi connectivity index (χ4n) is 2.46. The molecule has 1 aromatic carbocycles. The van der Waals surface area contributed by atoms with Crippen LogP contribution in [0.15, 0.2) is 24.3 Å². The quantitative estimate of drug-likeness (QED) is 0.843. The standard InChI is InChI=1S/C15H23NO2/c1-2-15(13-3-5-14(17)6-4-13)16-11-12-7-9-18-10-8-12/h3-6,12,15-17H,2,7-11H2,1H3. The summed E-state index contributed by atoms with van der Waals surface area (Å²) in [6.07, 6.45) is 3.39. The molecule has 1 saturated heterocycles. The zero-order valence-corrected chi connectivity index (χ0v) is 11.1. The first kappa shape index (κ1) is 13.4. The number of hydrogen-bond donors (Lipinski definition) is 2. The maximum atomic E-state index is 9.31. The first-order chi connectivity index (χ1) is 8.79. The number of aromatic hydroxyl groups is 1. The Morgan fingerprint density at radius 1 is 1.28 bits per heavy atom. The molecule has 1 aromatic rings. The van der Waals surface area contributed by atoms with Crippen LogP contribution in [0.3, 0.4) is 0 Å². The van der Waals surface area contributed by atoms with E-state index in [2.05, 4.69) is 12.2 Å². The van der Waals surface area contributed by atoms with Gasteiger partial charge in [-0.3, -0.25) is 0 Å². The predicted octanol–water partition coefficient (Wildman–Crippen LogP) is 2.86. The molecule has 2 N–H and O–H groups in total. The van der Waals surface area contributed by atoms with Crippen LogP contribution < -0.4 is 5.32 Å². The van der Waals surface area contributed by atoms with Crippen molar-refractivity contribution in [1.29, 1.82) is 0 Å². The Morgan fingerprint density at radius 2 is 1.94 bits per heavy atom. The summed E-state index contributed by atoms with van der Waals surface area (Å²) in [5, 5.41) is 12.9. The van der Waals surface area contributed by atoms with Crippen LogP contribution in [-0.2, 0) is 4.74 Å². The Balaban J connectivity index is 1.86. The third-order valence-corrected chi connectivity index (χ3v) is 3.70. The average Bonchev–Trinajstić information content (AvgIpc) is 2.42. The summed E-state index contributed by atoms with van der Waals surface area (Å²) in [7, 11) is 0. The molecule has 0 amide bonds. The van der Waals surface area contributed by atoms with Gasteiger partial charge in [-0.2, -0.15) is 0 Å². The highest BCUT2D eigenvalue weighted by molar-refractivity contribution is 5.27. The first-order valence-corrected chi connectivity index (χ1v) is 6.89. The molecule has 100 valence electrons. The summed E-state index contributed by atoms with van der Waals surface area (Å²) in [6, 6.07) is 7.90.